The van der Waals surface area contributed by atoms with Gasteiger partial charge in [0.1, 0.15) is 5.75 Å². The topological polar surface area (TPSA) is 49.8 Å². The summed E-state index contributed by atoms with van der Waals surface area (Å²) in [5.74, 6) is -0.197. The van der Waals surface area contributed by atoms with Crippen LogP contribution in [0.5, 0.6) is 5.75 Å². The van der Waals surface area contributed by atoms with E-state index in [-0.39, 0.29) is 17.8 Å². The van der Waals surface area contributed by atoms with Gasteiger partial charge in [-0.2, -0.15) is 0 Å². The van der Waals surface area contributed by atoms with Crippen LogP contribution in [-0.4, -0.2) is 42.7 Å². The third-order valence-corrected chi connectivity index (χ3v) is 3.14. The van der Waals surface area contributed by atoms with Gasteiger partial charge in [-0.1, -0.05) is 0 Å². The molecule has 0 aliphatic carbocycles. The van der Waals surface area contributed by atoms with Crippen molar-refractivity contribution < 1.29 is 14.6 Å². The summed E-state index contributed by atoms with van der Waals surface area (Å²) in [5, 5.41) is 9.66. The van der Waals surface area contributed by atoms with Gasteiger partial charge in [-0.3, -0.25) is 4.79 Å². The van der Waals surface area contributed by atoms with E-state index in [1.165, 1.54) is 6.07 Å². The zero-order valence-electron chi connectivity index (χ0n) is 10.1. The van der Waals surface area contributed by atoms with E-state index < -0.39 is 0 Å². The zero-order chi connectivity index (χ0) is 13.0. The second kappa shape index (κ2) is 6.20. The molecule has 0 heterocycles. The monoisotopic (exact) mass is 349 g/mol. The zero-order valence-corrected chi connectivity index (χ0v) is 12.3. The third-order valence-electron chi connectivity index (χ3n) is 2.47. The van der Waals surface area contributed by atoms with Gasteiger partial charge < -0.3 is 14.7 Å². The molecular formula is C12H16INO3. The number of aromatic hydroxyl groups is 1. The van der Waals surface area contributed by atoms with Gasteiger partial charge in [-0.15, -0.1) is 0 Å². The largest absolute Gasteiger partial charge is 0.507 e. The van der Waals surface area contributed by atoms with Crippen molar-refractivity contribution in [1.82, 2.24) is 4.90 Å². The first-order valence-electron chi connectivity index (χ1n) is 5.22. The number of methoxy groups -OCH3 is 1. The number of ether oxygens (including phenoxy) is 1. The first-order chi connectivity index (χ1) is 7.95. The number of amides is 1. The van der Waals surface area contributed by atoms with E-state index in [0.29, 0.717) is 12.1 Å². The highest BCUT2D eigenvalue weighted by atomic mass is 127. The Balaban J connectivity index is 2.85. The fourth-order valence-electron chi connectivity index (χ4n) is 1.43. The van der Waals surface area contributed by atoms with Gasteiger partial charge >= 0.3 is 0 Å². The Bertz CT molecular complexity index is 409. The average molecular weight is 349 g/mol. The number of phenolic OH excluding ortho intramolecular Hbond substituents is 1. The lowest BCUT2D eigenvalue weighted by atomic mass is 10.1. The van der Waals surface area contributed by atoms with Crippen LogP contribution in [0.15, 0.2) is 18.2 Å². The normalized spacial score (nSPS) is 12.2. The van der Waals surface area contributed by atoms with Crippen LogP contribution >= 0.6 is 22.6 Å². The number of carbonyl (C=O) groups is 1. The van der Waals surface area contributed by atoms with Crippen LogP contribution in [0.3, 0.4) is 0 Å². The summed E-state index contributed by atoms with van der Waals surface area (Å²) in [6.45, 7) is 2.37. The second-order valence-electron chi connectivity index (χ2n) is 3.89. The van der Waals surface area contributed by atoms with Crippen molar-refractivity contribution in [1.29, 1.82) is 0 Å². The summed E-state index contributed by atoms with van der Waals surface area (Å²) >= 11 is 2.11. The molecule has 1 rings (SSSR count). The number of likely N-dealkylation sites (N-methyl/N-ethyl adjacent to an activating group) is 1. The van der Waals surface area contributed by atoms with Crippen LogP contribution in [0.2, 0.25) is 0 Å². The quantitative estimate of drug-likeness (QED) is 0.847. The maximum atomic E-state index is 12.1. The molecule has 0 saturated heterocycles. The van der Waals surface area contributed by atoms with Gasteiger partial charge in [0.25, 0.3) is 5.91 Å². The summed E-state index contributed by atoms with van der Waals surface area (Å²) in [6, 6.07) is 4.96. The van der Waals surface area contributed by atoms with Crippen LogP contribution in [0.1, 0.15) is 17.3 Å². The molecule has 0 bridgehead atoms. The van der Waals surface area contributed by atoms with Crippen molar-refractivity contribution in [3.8, 4) is 5.75 Å². The lowest BCUT2D eigenvalue weighted by Gasteiger charge is -2.21. The molecule has 0 radical (unpaired) electrons. The molecule has 17 heavy (non-hydrogen) atoms. The highest BCUT2D eigenvalue weighted by Crippen LogP contribution is 2.21. The van der Waals surface area contributed by atoms with Gasteiger partial charge in [-0.25, -0.2) is 0 Å². The number of carbonyl (C=O) groups excluding carboxylic acids is 1. The number of hydrogen-bond donors (Lipinski definition) is 1. The van der Waals surface area contributed by atoms with Crippen molar-refractivity contribution in [3.63, 3.8) is 0 Å². The van der Waals surface area contributed by atoms with Gasteiger partial charge in [0.15, 0.2) is 0 Å². The van der Waals surface area contributed by atoms with Crippen molar-refractivity contribution in [3.05, 3.63) is 27.3 Å². The Hall–Kier alpha value is -0.820. The maximum Gasteiger partial charge on any atom is 0.257 e. The summed E-state index contributed by atoms with van der Waals surface area (Å²) in [5.41, 5.74) is 0.322. The smallest absolute Gasteiger partial charge is 0.257 e. The fraction of sp³-hybridized carbons (Fsp3) is 0.417. The third kappa shape index (κ3) is 3.85. The molecule has 1 unspecified atom stereocenters. The number of rotatable bonds is 4. The average Bonchev–Trinajstić information content (AvgIpc) is 2.31. The molecule has 94 valence electrons. The molecule has 1 atom stereocenters. The molecule has 1 N–H and O–H groups in total. The molecule has 4 nitrogen and oxygen atoms in total. The van der Waals surface area contributed by atoms with Gasteiger partial charge in [0.05, 0.1) is 11.7 Å². The highest BCUT2D eigenvalue weighted by molar-refractivity contribution is 14.1. The Morgan fingerprint density at radius 1 is 1.59 bits per heavy atom. The van der Waals surface area contributed by atoms with E-state index >= 15 is 0 Å². The molecule has 1 aromatic rings. The first kappa shape index (κ1) is 14.2. The minimum atomic E-state index is -0.204. The van der Waals surface area contributed by atoms with E-state index in [4.69, 9.17) is 4.74 Å². The van der Waals surface area contributed by atoms with E-state index in [1.807, 2.05) is 6.92 Å². The molecule has 0 aliphatic heterocycles. The van der Waals surface area contributed by atoms with Crippen LogP contribution in [0.4, 0.5) is 0 Å². The Morgan fingerprint density at radius 2 is 2.24 bits per heavy atom. The van der Waals surface area contributed by atoms with Crippen molar-refractivity contribution in [2.45, 2.75) is 13.0 Å². The Kier molecular flexibility index (Phi) is 5.20. The Morgan fingerprint density at radius 3 is 2.82 bits per heavy atom. The molecular weight excluding hydrogens is 333 g/mol. The summed E-state index contributed by atoms with van der Waals surface area (Å²) in [6.07, 6.45) is -0.0334. The minimum absolute atomic E-state index is 0.00679. The summed E-state index contributed by atoms with van der Waals surface area (Å²) in [7, 11) is 3.29. The van der Waals surface area contributed by atoms with E-state index in [1.54, 1.807) is 31.2 Å². The van der Waals surface area contributed by atoms with Crippen LogP contribution in [0.25, 0.3) is 0 Å². The van der Waals surface area contributed by atoms with E-state index in [9.17, 15) is 9.90 Å². The molecule has 0 aliphatic rings. The van der Waals surface area contributed by atoms with Crippen molar-refractivity contribution >= 4 is 28.5 Å². The molecule has 5 heteroatoms. The van der Waals surface area contributed by atoms with E-state index in [0.717, 1.165) is 3.57 Å². The maximum absolute atomic E-state index is 12.1. The van der Waals surface area contributed by atoms with Gasteiger partial charge in [0, 0.05) is 24.3 Å². The predicted molar refractivity (Wildman–Crippen MR) is 74.3 cm³/mol. The lowest BCUT2D eigenvalue weighted by molar-refractivity contribution is 0.0597. The van der Waals surface area contributed by atoms with Crippen LogP contribution < -0.4 is 0 Å². The van der Waals surface area contributed by atoms with Gasteiger partial charge in [0.2, 0.25) is 0 Å². The van der Waals surface area contributed by atoms with Crippen molar-refractivity contribution in [2.75, 3.05) is 20.7 Å². The number of benzene rings is 1. The molecule has 1 amide bonds. The first-order valence-corrected chi connectivity index (χ1v) is 6.30. The number of halogens is 1. The highest BCUT2D eigenvalue weighted by Gasteiger charge is 2.17. The fourth-order valence-corrected chi connectivity index (χ4v) is 1.92. The number of nitrogens with zero attached hydrogens (tertiary/aromatic N) is 1. The van der Waals surface area contributed by atoms with Crippen LogP contribution in [-0.2, 0) is 4.74 Å². The van der Waals surface area contributed by atoms with Crippen molar-refractivity contribution in [2.24, 2.45) is 0 Å². The predicted octanol–water partition coefficient (Wildman–Crippen LogP) is 2.10. The molecule has 1 aromatic carbocycles. The standard InChI is InChI=1S/C12H16INO3/c1-8(17-3)7-14(2)12(16)10-6-9(13)4-5-11(10)15/h4-6,8,15H,7H2,1-3H3. The molecule has 0 spiro atoms. The molecule has 0 saturated carbocycles. The SMILES string of the molecule is COC(C)CN(C)C(=O)c1cc(I)ccc1O. The number of hydrogen-bond acceptors (Lipinski definition) is 3. The van der Waals surface area contributed by atoms with Crippen LogP contribution in [0, 0.1) is 3.57 Å². The number of phenols is 1. The second-order valence-corrected chi connectivity index (χ2v) is 5.14. The Labute approximate surface area is 115 Å². The summed E-state index contributed by atoms with van der Waals surface area (Å²) in [4.78, 5) is 13.6. The van der Waals surface area contributed by atoms with E-state index in [2.05, 4.69) is 22.6 Å². The summed E-state index contributed by atoms with van der Waals surface area (Å²) < 4.78 is 6.02. The van der Waals surface area contributed by atoms with Gasteiger partial charge in [-0.05, 0) is 47.7 Å². The molecule has 0 aromatic heterocycles. The molecule has 0 fully saturated rings. The lowest BCUT2D eigenvalue weighted by Crippen LogP contribution is -2.33. The minimum Gasteiger partial charge on any atom is -0.507 e.